The summed E-state index contributed by atoms with van der Waals surface area (Å²) in [5.74, 6) is -2.64. The van der Waals surface area contributed by atoms with Gasteiger partial charge in [0.2, 0.25) is 0 Å². The summed E-state index contributed by atoms with van der Waals surface area (Å²) in [6.07, 6.45) is 0.611. The van der Waals surface area contributed by atoms with Crippen molar-refractivity contribution in [3.05, 3.63) is 29.8 Å². The molecule has 6 nitrogen and oxygen atoms in total. The smallest absolute Gasteiger partial charge is 0.376 e. The summed E-state index contributed by atoms with van der Waals surface area (Å²) in [4.78, 5) is 21.4. The summed E-state index contributed by atoms with van der Waals surface area (Å²) in [7, 11) is 2.83. The molecule has 0 spiro atoms. The van der Waals surface area contributed by atoms with Crippen LogP contribution in [0, 0.1) is 0 Å². The summed E-state index contributed by atoms with van der Waals surface area (Å²) in [5.41, 5.74) is 0.173. The highest BCUT2D eigenvalue weighted by atomic mass is 16.5. The fraction of sp³-hybridized carbons (Fsp3) is 0.167. The first-order chi connectivity index (χ1) is 8.49. The number of aliphatic hydroxyl groups is 1. The van der Waals surface area contributed by atoms with Crippen molar-refractivity contribution >= 4 is 17.5 Å². The molecule has 0 aliphatic rings. The first-order valence-electron chi connectivity index (χ1n) is 4.90. The lowest BCUT2D eigenvalue weighted by Gasteiger charge is -2.09. The van der Waals surface area contributed by atoms with E-state index in [4.69, 9.17) is 14.6 Å². The lowest BCUT2D eigenvalue weighted by molar-refractivity contribution is -0.146. The van der Waals surface area contributed by atoms with Crippen molar-refractivity contribution < 1.29 is 29.3 Å². The molecule has 6 heteroatoms. The van der Waals surface area contributed by atoms with Gasteiger partial charge in [-0.1, -0.05) is 0 Å². The normalized spacial score (nSPS) is 10.9. The topological polar surface area (TPSA) is 93.1 Å². The summed E-state index contributed by atoms with van der Waals surface area (Å²) < 4.78 is 9.95. The Kier molecular flexibility index (Phi) is 4.31. The van der Waals surface area contributed by atoms with E-state index in [-0.39, 0.29) is 5.56 Å². The minimum absolute atomic E-state index is 0.173. The molecule has 0 amide bonds. The lowest BCUT2D eigenvalue weighted by Crippen LogP contribution is -2.09. The lowest BCUT2D eigenvalue weighted by atomic mass is 10.1. The quantitative estimate of drug-likeness (QED) is 0.465. The number of ether oxygens (including phenoxy) is 2. The van der Waals surface area contributed by atoms with Crippen LogP contribution in [0.1, 0.15) is 5.56 Å². The van der Waals surface area contributed by atoms with Crippen molar-refractivity contribution in [2.24, 2.45) is 0 Å². The first-order valence-corrected chi connectivity index (χ1v) is 4.90. The highest BCUT2D eigenvalue weighted by Crippen LogP contribution is 2.28. The van der Waals surface area contributed by atoms with Gasteiger partial charge >= 0.3 is 5.97 Å². The maximum Gasteiger partial charge on any atom is 0.376 e. The molecule has 1 aromatic rings. The highest BCUT2D eigenvalue weighted by Gasteiger charge is 2.14. The Morgan fingerprint density at radius 2 is 1.83 bits per heavy atom. The third-order valence-electron chi connectivity index (χ3n) is 2.16. The Bertz CT molecular complexity index is 503. The SMILES string of the molecule is COc1ccc(OC)c(C(O)=CC(=O)C(=O)O)c1. The molecule has 0 atom stereocenters. The van der Waals surface area contributed by atoms with Gasteiger partial charge in [-0.15, -0.1) is 0 Å². The number of aliphatic carboxylic acids is 1. The molecule has 0 radical (unpaired) electrons. The standard InChI is InChI=1S/C12H12O6/c1-17-7-3-4-11(18-2)8(5-7)9(13)6-10(14)12(15)16/h3-6,13H,1-2H3,(H,15,16). The first kappa shape index (κ1) is 13.6. The van der Waals surface area contributed by atoms with E-state index in [0.29, 0.717) is 17.6 Å². The predicted octanol–water partition coefficient (Wildman–Crippen LogP) is 1.26. The molecule has 0 aliphatic carbocycles. The van der Waals surface area contributed by atoms with Crippen LogP contribution >= 0.6 is 0 Å². The molecule has 0 aromatic heterocycles. The number of aliphatic hydroxyl groups excluding tert-OH is 1. The Morgan fingerprint density at radius 1 is 1.17 bits per heavy atom. The van der Waals surface area contributed by atoms with E-state index in [1.54, 1.807) is 6.07 Å². The van der Waals surface area contributed by atoms with E-state index in [1.807, 2.05) is 0 Å². The van der Waals surface area contributed by atoms with Gasteiger partial charge < -0.3 is 19.7 Å². The Balaban J connectivity index is 3.21. The van der Waals surface area contributed by atoms with Crippen molar-refractivity contribution in [2.45, 2.75) is 0 Å². The van der Waals surface area contributed by atoms with Crippen molar-refractivity contribution in [2.75, 3.05) is 14.2 Å². The number of carboxylic acid groups (broad SMARTS) is 1. The number of benzene rings is 1. The second-order valence-electron chi connectivity index (χ2n) is 3.27. The van der Waals surface area contributed by atoms with Crippen LogP contribution in [0.15, 0.2) is 24.3 Å². The largest absolute Gasteiger partial charge is 0.507 e. The van der Waals surface area contributed by atoms with Crippen LogP contribution in [0.5, 0.6) is 11.5 Å². The van der Waals surface area contributed by atoms with E-state index < -0.39 is 17.5 Å². The summed E-state index contributed by atoms with van der Waals surface area (Å²) in [6, 6.07) is 4.57. The molecule has 2 N–H and O–H groups in total. The second-order valence-corrected chi connectivity index (χ2v) is 3.27. The molecule has 18 heavy (non-hydrogen) atoms. The fourth-order valence-corrected chi connectivity index (χ4v) is 1.28. The van der Waals surface area contributed by atoms with Gasteiger partial charge in [-0.05, 0) is 18.2 Å². The van der Waals surface area contributed by atoms with Gasteiger partial charge in [-0.25, -0.2) is 4.79 Å². The predicted molar refractivity (Wildman–Crippen MR) is 62.8 cm³/mol. The third-order valence-corrected chi connectivity index (χ3v) is 2.16. The zero-order valence-electron chi connectivity index (χ0n) is 9.84. The number of carboxylic acids is 1. The Morgan fingerprint density at radius 3 is 2.33 bits per heavy atom. The van der Waals surface area contributed by atoms with Crippen LogP contribution in [0.4, 0.5) is 0 Å². The van der Waals surface area contributed by atoms with Crippen LogP contribution in [-0.4, -0.2) is 36.2 Å². The minimum Gasteiger partial charge on any atom is -0.507 e. The number of ketones is 1. The zero-order valence-corrected chi connectivity index (χ0v) is 9.84. The van der Waals surface area contributed by atoms with Crippen LogP contribution in [0.25, 0.3) is 5.76 Å². The molecule has 96 valence electrons. The van der Waals surface area contributed by atoms with Gasteiger partial charge in [0.1, 0.15) is 17.3 Å². The third kappa shape index (κ3) is 3.00. The van der Waals surface area contributed by atoms with E-state index in [2.05, 4.69) is 0 Å². The fourth-order valence-electron chi connectivity index (χ4n) is 1.28. The molecular weight excluding hydrogens is 240 g/mol. The molecule has 0 bridgehead atoms. The number of methoxy groups -OCH3 is 2. The van der Waals surface area contributed by atoms with Crippen LogP contribution in [0.3, 0.4) is 0 Å². The van der Waals surface area contributed by atoms with Gasteiger partial charge in [-0.3, -0.25) is 4.79 Å². The summed E-state index contributed by atoms with van der Waals surface area (Å²) in [6.45, 7) is 0. The van der Waals surface area contributed by atoms with Crippen LogP contribution < -0.4 is 9.47 Å². The zero-order chi connectivity index (χ0) is 13.7. The van der Waals surface area contributed by atoms with Gasteiger partial charge in [-0.2, -0.15) is 0 Å². The molecule has 0 unspecified atom stereocenters. The van der Waals surface area contributed by atoms with Gasteiger partial charge in [0.05, 0.1) is 19.8 Å². The van der Waals surface area contributed by atoms with Crippen molar-refractivity contribution in [1.82, 2.24) is 0 Å². The van der Waals surface area contributed by atoms with Crippen LogP contribution in [-0.2, 0) is 9.59 Å². The maximum absolute atomic E-state index is 11.0. The number of rotatable bonds is 5. The molecule has 0 saturated carbocycles. The van der Waals surface area contributed by atoms with Crippen molar-refractivity contribution in [3.8, 4) is 11.5 Å². The molecule has 0 saturated heterocycles. The monoisotopic (exact) mass is 252 g/mol. The minimum atomic E-state index is -1.65. The molecule has 0 fully saturated rings. The van der Waals surface area contributed by atoms with E-state index in [0.717, 1.165) is 0 Å². The van der Waals surface area contributed by atoms with E-state index in [9.17, 15) is 14.7 Å². The Hall–Kier alpha value is -2.50. The average molecular weight is 252 g/mol. The molecule has 1 aromatic carbocycles. The van der Waals surface area contributed by atoms with Crippen LogP contribution in [0.2, 0.25) is 0 Å². The maximum atomic E-state index is 11.0. The van der Waals surface area contributed by atoms with Crippen molar-refractivity contribution in [3.63, 3.8) is 0 Å². The molecular formula is C12H12O6. The van der Waals surface area contributed by atoms with Gasteiger partial charge in [0, 0.05) is 6.08 Å². The van der Waals surface area contributed by atoms with E-state index in [1.165, 1.54) is 26.4 Å². The molecule has 1 rings (SSSR count). The van der Waals surface area contributed by atoms with E-state index >= 15 is 0 Å². The second kappa shape index (κ2) is 5.72. The number of hydrogen-bond donors (Lipinski definition) is 2. The summed E-state index contributed by atoms with van der Waals surface area (Å²) in [5, 5.41) is 18.2. The highest BCUT2D eigenvalue weighted by molar-refractivity contribution is 6.38. The molecule has 0 aliphatic heterocycles. The van der Waals surface area contributed by atoms with Gasteiger partial charge in [0.15, 0.2) is 0 Å². The number of carbonyl (C=O) groups is 2. The Labute approximate surface area is 103 Å². The number of carbonyl (C=O) groups excluding carboxylic acids is 1. The number of hydrogen-bond acceptors (Lipinski definition) is 5. The molecule has 0 heterocycles. The van der Waals surface area contributed by atoms with Crippen molar-refractivity contribution in [1.29, 1.82) is 0 Å². The average Bonchev–Trinajstić information content (AvgIpc) is 2.37. The summed E-state index contributed by atoms with van der Waals surface area (Å²) >= 11 is 0. The van der Waals surface area contributed by atoms with Gasteiger partial charge in [0.25, 0.3) is 5.78 Å².